The maximum absolute atomic E-state index is 3.49. The van der Waals surface area contributed by atoms with Gasteiger partial charge in [0.2, 0.25) is 0 Å². The van der Waals surface area contributed by atoms with Gasteiger partial charge >= 0.3 is 0 Å². The first-order chi connectivity index (χ1) is 6.74. The zero-order chi connectivity index (χ0) is 10.4. The highest BCUT2D eigenvalue weighted by atomic mass is 79.9. The predicted molar refractivity (Wildman–Crippen MR) is 66.2 cm³/mol. The van der Waals surface area contributed by atoms with E-state index in [4.69, 9.17) is 0 Å². The van der Waals surface area contributed by atoms with Gasteiger partial charge in [-0.25, -0.2) is 0 Å². The third-order valence-corrected chi connectivity index (χ3v) is 3.57. The molecule has 14 heavy (non-hydrogen) atoms. The van der Waals surface area contributed by atoms with E-state index in [0.717, 1.165) is 11.4 Å². The Balaban J connectivity index is 2.27. The highest BCUT2D eigenvalue weighted by molar-refractivity contribution is 9.09. The van der Waals surface area contributed by atoms with Gasteiger partial charge in [0.1, 0.15) is 0 Å². The molecule has 84 valence electrons. The average molecular weight is 263 g/mol. The van der Waals surface area contributed by atoms with Crippen molar-refractivity contribution in [3.63, 3.8) is 0 Å². The minimum absolute atomic E-state index is 0.734. The van der Waals surface area contributed by atoms with Gasteiger partial charge in [-0.15, -0.1) is 0 Å². The average Bonchev–Trinajstić information content (AvgIpc) is 2.29. The van der Waals surface area contributed by atoms with Gasteiger partial charge in [-0.2, -0.15) is 0 Å². The normalized spacial score (nSPS) is 26.4. The van der Waals surface area contributed by atoms with Crippen LogP contribution in [-0.2, 0) is 0 Å². The number of halogens is 1. The fourth-order valence-corrected chi connectivity index (χ4v) is 2.56. The number of unbranched alkanes of at least 4 members (excludes halogenated alkanes) is 1. The molecular formula is C11H23BrN2. The second-order valence-electron chi connectivity index (χ2n) is 4.40. The van der Waals surface area contributed by atoms with Crippen LogP contribution >= 0.6 is 15.9 Å². The summed E-state index contributed by atoms with van der Waals surface area (Å²) in [7, 11) is 2.23. The van der Waals surface area contributed by atoms with Crippen LogP contribution in [0.1, 0.15) is 26.2 Å². The molecule has 1 unspecified atom stereocenters. The Morgan fingerprint density at radius 3 is 2.79 bits per heavy atom. The molecule has 0 spiro atoms. The van der Waals surface area contributed by atoms with Gasteiger partial charge in [0.15, 0.2) is 0 Å². The van der Waals surface area contributed by atoms with E-state index in [1.807, 2.05) is 0 Å². The molecule has 2 nitrogen and oxygen atoms in total. The van der Waals surface area contributed by atoms with Gasteiger partial charge in [0, 0.05) is 17.9 Å². The topological polar surface area (TPSA) is 6.48 Å². The molecule has 3 heteroatoms. The van der Waals surface area contributed by atoms with Crippen molar-refractivity contribution in [2.24, 2.45) is 0 Å². The first-order valence-corrected chi connectivity index (χ1v) is 6.84. The lowest BCUT2D eigenvalue weighted by molar-refractivity contribution is 0.200. The standard InChI is InChI=1S/C11H23BrN2/c1-11-10-13(2)7-5-9-14(11)8-4-3-6-12/h11H,3-10H2,1-2H3. The Morgan fingerprint density at radius 2 is 2.07 bits per heavy atom. The van der Waals surface area contributed by atoms with Crippen LogP contribution in [0.3, 0.4) is 0 Å². The van der Waals surface area contributed by atoms with Gasteiger partial charge in [-0.3, -0.25) is 4.90 Å². The summed E-state index contributed by atoms with van der Waals surface area (Å²) >= 11 is 3.49. The summed E-state index contributed by atoms with van der Waals surface area (Å²) in [6.07, 6.45) is 3.97. The summed E-state index contributed by atoms with van der Waals surface area (Å²) in [4.78, 5) is 5.10. The third-order valence-electron chi connectivity index (χ3n) is 3.01. The number of hydrogen-bond acceptors (Lipinski definition) is 2. The second-order valence-corrected chi connectivity index (χ2v) is 5.19. The highest BCUT2D eigenvalue weighted by Crippen LogP contribution is 2.09. The molecule has 1 saturated heterocycles. The number of rotatable bonds is 4. The van der Waals surface area contributed by atoms with Crippen LogP contribution < -0.4 is 0 Å². The fraction of sp³-hybridized carbons (Fsp3) is 1.00. The molecule has 1 aliphatic rings. The van der Waals surface area contributed by atoms with Crippen molar-refractivity contribution < 1.29 is 0 Å². The first kappa shape index (κ1) is 12.5. The zero-order valence-corrected chi connectivity index (χ0v) is 11.1. The number of alkyl halides is 1. The quantitative estimate of drug-likeness (QED) is 0.566. The molecule has 1 fully saturated rings. The molecule has 1 rings (SSSR count). The van der Waals surface area contributed by atoms with E-state index in [1.165, 1.54) is 45.4 Å². The Kier molecular flexibility index (Phi) is 6.06. The van der Waals surface area contributed by atoms with Crippen molar-refractivity contribution in [2.75, 3.05) is 38.6 Å². The fourth-order valence-electron chi connectivity index (χ4n) is 2.16. The summed E-state index contributed by atoms with van der Waals surface area (Å²) in [6, 6.07) is 0.734. The summed E-state index contributed by atoms with van der Waals surface area (Å²) in [5.41, 5.74) is 0. The molecule has 0 N–H and O–H groups in total. The number of likely N-dealkylation sites (N-methyl/N-ethyl adjacent to an activating group) is 1. The lowest BCUT2D eigenvalue weighted by Crippen LogP contribution is -2.38. The monoisotopic (exact) mass is 262 g/mol. The summed E-state index contributed by atoms with van der Waals surface area (Å²) in [5.74, 6) is 0. The molecule has 0 aromatic rings. The van der Waals surface area contributed by atoms with Crippen molar-refractivity contribution in [1.82, 2.24) is 9.80 Å². The van der Waals surface area contributed by atoms with Crippen molar-refractivity contribution in [2.45, 2.75) is 32.2 Å². The van der Waals surface area contributed by atoms with Gasteiger partial charge in [0.25, 0.3) is 0 Å². The maximum atomic E-state index is 3.49. The van der Waals surface area contributed by atoms with Gasteiger partial charge in [-0.05, 0) is 52.9 Å². The molecule has 1 heterocycles. The van der Waals surface area contributed by atoms with Crippen molar-refractivity contribution >= 4 is 15.9 Å². The van der Waals surface area contributed by atoms with Gasteiger partial charge in [0.05, 0.1) is 0 Å². The van der Waals surface area contributed by atoms with Crippen LogP contribution in [0, 0.1) is 0 Å². The van der Waals surface area contributed by atoms with Gasteiger partial charge < -0.3 is 4.90 Å². The van der Waals surface area contributed by atoms with E-state index in [-0.39, 0.29) is 0 Å². The lowest BCUT2D eigenvalue weighted by Gasteiger charge is -2.27. The van der Waals surface area contributed by atoms with Crippen LogP contribution in [0.5, 0.6) is 0 Å². The SMILES string of the molecule is CC1CN(C)CCCN1CCCCBr. The molecule has 0 bridgehead atoms. The van der Waals surface area contributed by atoms with Crippen LogP contribution in [0.25, 0.3) is 0 Å². The molecule has 1 atom stereocenters. The van der Waals surface area contributed by atoms with E-state index < -0.39 is 0 Å². The van der Waals surface area contributed by atoms with E-state index in [0.29, 0.717) is 0 Å². The number of hydrogen-bond donors (Lipinski definition) is 0. The lowest BCUT2D eigenvalue weighted by atomic mass is 10.2. The van der Waals surface area contributed by atoms with Crippen LogP contribution in [-0.4, -0.2) is 54.4 Å². The van der Waals surface area contributed by atoms with E-state index >= 15 is 0 Å². The minimum atomic E-state index is 0.734. The molecule has 0 radical (unpaired) electrons. The van der Waals surface area contributed by atoms with E-state index in [2.05, 4.69) is 39.7 Å². The summed E-state index contributed by atoms with van der Waals surface area (Å²) < 4.78 is 0. The molecule has 0 saturated carbocycles. The second kappa shape index (κ2) is 6.81. The smallest absolute Gasteiger partial charge is 0.0194 e. The van der Waals surface area contributed by atoms with E-state index in [9.17, 15) is 0 Å². The largest absolute Gasteiger partial charge is 0.305 e. The molecule has 0 amide bonds. The minimum Gasteiger partial charge on any atom is -0.305 e. The maximum Gasteiger partial charge on any atom is 0.0194 e. The van der Waals surface area contributed by atoms with Crippen molar-refractivity contribution in [3.8, 4) is 0 Å². The Morgan fingerprint density at radius 1 is 1.29 bits per heavy atom. The zero-order valence-electron chi connectivity index (χ0n) is 9.51. The molecule has 1 aliphatic heterocycles. The van der Waals surface area contributed by atoms with Gasteiger partial charge in [-0.1, -0.05) is 15.9 Å². The summed E-state index contributed by atoms with van der Waals surface area (Å²) in [5, 5.41) is 1.15. The summed E-state index contributed by atoms with van der Waals surface area (Å²) in [6.45, 7) is 7.41. The Labute approximate surface area is 96.8 Å². The highest BCUT2D eigenvalue weighted by Gasteiger charge is 2.18. The van der Waals surface area contributed by atoms with Crippen molar-refractivity contribution in [3.05, 3.63) is 0 Å². The number of nitrogens with zero attached hydrogens (tertiary/aromatic N) is 2. The van der Waals surface area contributed by atoms with Crippen LogP contribution in [0.4, 0.5) is 0 Å². The van der Waals surface area contributed by atoms with Crippen LogP contribution in [0.2, 0.25) is 0 Å². The van der Waals surface area contributed by atoms with Crippen LogP contribution in [0.15, 0.2) is 0 Å². The van der Waals surface area contributed by atoms with E-state index in [1.54, 1.807) is 0 Å². The van der Waals surface area contributed by atoms with Crippen molar-refractivity contribution in [1.29, 1.82) is 0 Å². The first-order valence-electron chi connectivity index (χ1n) is 5.72. The predicted octanol–water partition coefficient (Wildman–Crippen LogP) is 2.19. The molecule has 0 aliphatic carbocycles. The third kappa shape index (κ3) is 4.28. The molecular weight excluding hydrogens is 240 g/mol. The molecule has 0 aromatic carbocycles. The molecule has 0 aromatic heterocycles. The Hall–Kier alpha value is 0.400. The Bertz CT molecular complexity index is 152.